The molecular weight excluding hydrogens is 202 g/mol. The molecule has 0 bridgehead atoms. The van der Waals surface area contributed by atoms with Crippen molar-refractivity contribution < 1.29 is 9.59 Å². The third-order valence-corrected chi connectivity index (χ3v) is 2.90. The summed E-state index contributed by atoms with van der Waals surface area (Å²) in [5, 5.41) is 2.80. The first-order valence-corrected chi connectivity index (χ1v) is 5.66. The summed E-state index contributed by atoms with van der Waals surface area (Å²) in [6.45, 7) is 0. The maximum atomic E-state index is 11.8. The van der Waals surface area contributed by atoms with Crippen molar-refractivity contribution in [3.05, 3.63) is 35.9 Å². The predicted octanol–water partition coefficient (Wildman–Crippen LogP) is 1.93. The third-order valence-electron chi connectivity index (χ3n) is 2.90. The van der Waals surface area contributed by atoms with Crippen LogP contribution in [0.2, 0.25) is 0 Å². The van der Waals surface area contributed by atoms with E-state index in [4.69, 9.17) is 0 Å². The SMILES string of the molecule is O=C(N[C@@H]1CCCCC1=O)c1ccccc1. The Balaban J connectivity index is 1.99. The van der Waals surface area contributed by atoms with Crippen molar-refractivity contribution in [1.29, 1.82) is 0 Å². The number of ketones is 1. The van der Waals surface area contributed by atoms with E-state index in [1.165, 1.54) is 0 Å². The molecule has 1 amide bonds. The molecule has 2 rings (SSSR count). The van der Waals surface area contributed by atoms with Gasteiger partial charge < -0.3 is 5.32 Å². The molecule has 84 valence electrons. The number of hydrogen-bond donors (Lipinski definition) is 1. The van der Waals surface area contributed by atoms with E-state index < -0.39 is 0 Å². The number of carbonyl (C=O) groups excluding carboxylic acids is 2. The molecule has 1 aliphatic carbocycles. The van der Waals surface area contributed by atoms with Gasteiger partial charge in [0.25, 0.3) is 5.91 Å². The average molecular weight is 217 g/mol. The van der Waals surface area contributed by atoms with Crippen molar-refractivity contribution in [3.8, 4) is 0 Å². The lowest BCUT2D eigenvalue weighted by atomic mass is 9.94. The molecule has 0 saturated heterocycles. The second-order valence-corrected chi connectivity index (χ2v) is 4.10. The highest BCUT2D eigenvalue weighted by atomic mass is 16.2. The Labute approximate surface area is 94.9 Å². The molecule has 0 radical (unpaired) electrons. The van der Waals surface area contributed by atoms with E-state index in [9.17, 15) is 9.59 Å². The Bertz CT molecular complexity index is 386. The van der Waals surface area contributed by atoms with Crippen LogP contribution in [0, 0.1) is 0 Å². The maximum Gasteiger partial charge on any atom is 0.251 e. The monoisotopic (exact) mass is 217 g/mol. The summed E-state index contributed by atoms with van der Waals surface area (Å²) in [6.07, 6.45) is 3.35. The van der Waals surface area contributed by atoms with Gasteiger partial charge in [0.2, 0.25) is 0 Å². The molecule has 1 atom stereocenters. The Morgan fingerprint density at radius 2 is 1.94 bits per heavy atom. The lowest BCUT2D eigenvalue weighted by Crippen LogP contribution is -2.42. The largest absolute Gasteiger partial charge is 0.342 e. The van der Waals surface area contributed by atoms with Crippen LogP contribution in [0.25, 0.3) is 0 Å². The van der Waals surface area contributed by atoms with Crippen molar-refractivity contribution in [2.45, 2.75) is 31.7 Å². The summed E-state index contributed by atoms with van der Waals surface area (Å²) in [7, 11) is 0. The number of rotatable bonds is 2. The van der Waals surface area contributed by atoms with Crippen LogP contribution in [-0.4, -0.2) is 17.7 Å². The molecule has 1 aromatic rings. The lowest BCUT2D eigenvalue weighted by molar-refractivity contribution is -0.122. The molecule has 1 aliphatic rings. The highest BCUT2D eigenvalue weighted by molar-refractivity contribution is 5.98. The Hall–Kier alpha value is -1.64. The van der Waals surface area contributed by atoms with Gasteiger partial charge in [-0.15, -0.1) is 0 Å². The number of amides is 1. The van der Waals surface area contributed by atoms with Crippen LogP contribution in [0.1, 0.15) is 36.0 Å². The average Bonchev–Trinajstić information content (AvgIpc) is 2.33. The van der Waals surface area contributed by atoms with Crippen LogP contribution in [0.15, 0.2) is 30.3 Å². The van der Waals surface area contributed by atoms with Gasteiger partial charge in [-0.25, -0.2) is 0 Å². The summed E-state index contributed by atoms with van der Waals surface area (Å²) in [5.74, 6) is 0.0105. The fraction of sp³-hybridized carbons (Fsp3) is 0.385. The van der Waals surface area contributed by atoms with Crippen molar-refractivity contribution in [3.63, 3.8) is 0 Å². The zero-order valence-corrected chi connectivity index (χ0v) is 9.11. The quantitative estimate of drug-likeness (QED) is 0.822. The fourth-order valence-electron chi connectivity index (χ4n) is 1.97. The van der Waals surface area contributed by atoms with E-state index >= 15 is 0 Å². The summed E-state index contributed by atoms with van der Waals surface area (Å²) < 4.78 is 0. The van der Waals surface area contributed by atoms with E-state index in [0.29, 0.717) is 12.0 Å². The van der Waals surface area contributed by atoms with Gasteiger partial charge in [-0.1, -0.05) is 24.6 Å². The van der Waals surface area contributed by atoms with Crippen LogP contribution >= 0.6 is 0 Å². The summed E-state index contributed by atoms with van der Waals surface area (Å²) in [5.41, 5.74) is 0.612. The highest BCUT2D eigenvalue weighted by Gasteiger charge is 2.23. The zero-order valence-electron chi connectivity index (χ0n) is 9.11. The van der Waals surface area contributed by atoms with E-state index in [1.807, 2.05) is 18.2 Å². The molecule has 3 nitrogen and oxygen atoms in total. The van der Waals surface area contributed by atoms with Gasteiger partial charge >= 0.3 is 0 Å². The van der Waals surface area contributed by atoms with Gasteiger partial charge in [0, 0.05) is 12.0 Å². The Morgan fingerprint density at radius 1 is 1.19 bits per heavy atom. The summed E-state index contributed by atoms with van der Waals surface area (Å²) >= 11 is 0. The van der Waals surface area contributed by atoms with E-state index in [-0.39, 0.29) is 17.7 Å². The van der Waals surface area contributed by atoms with Gasteiger partial charge in [0.05, 0.1) is 6.04 Å². The van der Waals surface area contributed by atoms with E-state index in [1.54, 1.807) is 12.1 Å². The Kier molecular flexibility index (Phi) is 3.34. The van der Waals surface area contributed by atoms with E-state index in [2.05, 4.69) is 5.32 Å². The smallest absolute Gasteiger partial charge is 0.251 e. The molecule has 3 heteroatoms. The first kappa shape index (κ1) is 10.9. The van der Waals surface area contributed by atoms with E-state index in [0.717, 1.165) is 19.3 Å². The first-order chi connectivity index (χ1) is 7.77. The second kappa shape index (κ2) is 4.92. The lowest BCUT2D eigenvalue weighted by Gasteiger charge is -2.21. The molecule has 1 N–H and O–H groups in total. The minimum atomic E-state index is -0.276. The predicted molar refractivity (Wildman–Crippen MR) is 61.2 cm³/mol. The van der Waals surface area contributed by atoms with Crippen molar-refractivity contribution in [2.24, 2.45) is 0 Å². The molecular formula is C13H15NO2. The Morgan fingerprint density at radius 3 is 2.62 bits per heavy atom. The number of benzene rings is 1. The van der Waals surface area contributed by atoms with Crippen molar-refractivity contribution in [2.75, 3.05) is 0 Å². The van der Waals surface area contributed by atoms with Crippen LogP contribution in [0.3, 0.4) is 0 Å². The molecule has 1 saturated carbocycles. The van der Waals surface area contributed by atoms with Crippen LogP contribution in [0.5, 0.6) is 0 Å². The first-order valence-electron chi connectivity index (χ1n) is 5.66. The van der Waals surface area contributed by atoms with Gasteiger partial charge in [-0.3, -0.25) is 9.59 Å². The zero-order chi connectivity index (χ0) is 11.4. The van der Waals surface area contributed by atoms with Gasteiger partial charge in [0.15, 0.2) is 5.78 Å². The number of carbonyl (C=O) groups is 2. The summed E-state index contributed by atoms with van der Waals surface area (Å²) in [4.78, 5) is 23.3. The van der Waals surface area contributed by atoms with Crippen LogP contribution < -0.4 is 5.32 Å². The number of Topliss-reactive ketones (excluding diaryl/α,β-unsaturated/α-hetero) is 1. The van der Waals surface area contributed by atoms with Crippen molar-refractivity contribution >= 4 is 11.7 Å². The highest BCUT2D eigenvalue weighted by Crippen LogP contribution is 2.14. The molecule has 0 aliphatic heterocycles. The molecule has 0 aromatic heterocycles. The normalized spacial score (nSPS) is 20.5. The van der Waals surface area contributed by atoms with Crippen molar-refractivity contribution in [1.82, 2.24) is 5.32 Å². The fourth-order valence-corrected chi connectivity index (χ4v) is 1.97. The molecule has 1 aromatic carbocycles. The van der Waals surface area contributed by atoms with Crippen LogP contribution in [0.4, 0.5) is 0 Å². The topological polar surface area (TPSA) is 46.2 Å². The number of hydrogen-bond acceptors (Lipinski definition) is 2. The molecule has 0 spiro atoms. The van der Waals surface area contributed by atoms with Gasteiger partial charge in [-0.2, -0.15) is 0 Å². The summed E-state index contributed by atoms with van der Waals surface area (Å²) in [6, 6.07) is 8.73. The third kappa shape index (κ3) is 2.48. The minimum absolute atomic E-state index is 0.152. The molecule has 16 heavy (non-hydrogen) atoms. The van der Waals surface area contributed by atoms with Gasteiger partial charge in [-0.05, 0) is 25.0 Å². The number of nitrogens with one attached hydrogen (secondary N) is 1. The minimum Gasteiger partial charge on any atom is -0.342 e. The molecule has 0 unspecified atom stereocenters. The maximum absolute atomic E-state index is 11.8. The van der Waals surface area contributed by atoms with Gasteiger partial charge in [0.1, 0.15) is 0 Å². The molecule has 0 heterocycles. The van der Waals surface area contributed by atoms with Crippen LogP contribution in [-0.2, 0) is 4.79 Å². The standard InChI is InChI=1S/C13H15NO2/c15-12-9-5-4-8-11(12)14-13(16)10-6-2-1-3-7-10/h1-3,6-7,11H,4-5,8-9H2,(H,14,16)/t11-/m1/s1. The molecule has 1 fully saturated rings. The second-order valence-electron chi connectivity index (χ2n) is 4.10.